The lowest BCUT2D eigenvalue weighted by atomic mass is 10.1. The van der Waals surface area contributed by atoms with E-state index in [0.29, 0.717) is 30.2 Å². The van der Waals surface area contributed by atoms with Gasteiger partial charge in [0.1, 0.15) is 17.2 Å². The van der Waals surface area contributed by atoms with Gasteiger partial charge in [-0.3, -0.25) is 9.59 Å². The quantitative estimate of drug-likeness (QED) is 0.717. The van der Waals surface area contributed by atoms with Gasteiger partial charge >= 0.3 is 0 Å². The summed E-state index contributed by atoms with van der Waals surface area (Å²) in [5, 5.41) is 2.78. The molecule has 28 heavy (non-hydrogen) atoms. The van der Waals surface area contributed by atoms with Crippen molar-refractivity contribution in [2.75, 3.05) is 39.7 Å². The Kier molecular flexibility index (Phi) is 7.68. The molecule has 0 fully saturated rings. The van der Waals surface area contributed by atoms with Gasteiger partial charge in [-0.1, -0.05) is 18.2 Å². The Morgan fingerprint density at radius 2 is 1.68 bits per heavy atom. The number of amides is 2. The van der Waals surface area contributed by atoms with Crippen molar-refractivity contribution < 1.29 is 23.8 Å². The summed E-state index contributed by atoms with van der Waals surface area (Å²) in [6, 6.07) is 12.7. The molecule has 0 radical (unpaired) electrons. The minimum atomic E-state index is -0.307. The number of methoxy groups -OCH3 is 3. The molecule has 0 saturated heterocycles. The van der Waals surface area contributed by atoms with E-state index in [1.807, 2.05) is 24.3 Å². The third-order valence-corrected chi connectivity index (χ3v) is 4.31. The molecule has 2 rings (SSSR count). The molecule has 2 amide bonds. The summed E-state index contributed by atoms with van der Waals surface area (Å²) in [5.41, 5.74) is 1.50. The van der Waals surface area contributed by atoms with E-state index in [4.69, 9.17) is 14.2 Å². The van der Waals surface area contributed by atoms with E-state index < -0.39 is 0 Å². The SMILES string of the molecule is COc1ccc(NC(=O)CN(CCc2ccccc2OC)C(C)=O)c(OC)c1. The Morgan fingerprint density at radius 3 is 2.32 bits per heavy atom. The lowest BCUT2D eigenvalue weighted by Gasteiger charge is -2.21. The number of hydrogen-bond acceptors (Lipinski definition) is 5. The van der Waals surface area contributed by atoms with Gasteiger partial charge in [-0.2, -0.15) is 0 Å². The minimum absolute atomic E-state index is 0.0559. The van der Waals surface area contributed by atoms with E-state index >= 15 is 0 Å². The highest BCUT2D eigenvalue weighted by molar-refractivity contribution is 5.95. The van der Waals surface area contributed by atoms with Crippen molar-refractivity contribution in [1.29, 1.82) is 0 Å². The number of anilines is 1. The molecule has 0 atom stereocenters. The number of nitrogens with zero attached hydrogens (tertiary/aromatic N) is 1. The monoisotopic (exact) mass is 386 g/mol. The fourth-order valence-corrected chi connectivity index (χ4v) is 2.78. The molecule has 7 nitrogen and oxygen atoms in total. The normalized spacial score (nSPS) is 10.1. The summed E-state index contributed by atoms with van der Waals surface area (Å²) in [5.74, 6) is 1.39. The number of hydrogen-bond donors (Lipinski definition) is 1. The summed E-state index contributed by atoms with van der Waals surface area (Å²) in [6.45, 7) is 1.80. The molecule has 2 aromatic rings. The van der Waals surface area contributed by atoms with Crippen molar-refractivity contribution in [1.82, 2.24) is 4.90 Å². The van der Waals surface area contributed by atoms with Crippen molar-refractivity contribution >= 4 is 17.5 Å². The van der Waals surface area contributed by atoms with Crippen molar-refractivity contribution in [3.05, 3.63) is 48.0 Å². The van der Waals surface area contributed by atoms with Gasteiger partial charge in [0.15, 0.2) is 0 Å². The van der Waals surface area contributed by atoms with Gasteiger partial charge in [0.25, 0.3) is 0 Å². The fourth-order valence-electron chi connectivity index (χ4n) is 2.78. The highest BCUT2D eigenvalue weighted by Gasteiger charge is 2.16. The van der Waals surface area contributed by atoms with E-state index in [0.717, 1.165) is 11.3 Å². The first kappa shape index (κ1) is 21.1. The molecular formula is C21H26N2O5. The van der Waals surface area contributed by atoms with Crippen molar-refractivity contribution in [3.8, 4) is 17.2 Å². The van der Waals surface area contributed by atoms with Crippen LogP contribution in [0.4, 0.5) is 5.69 Å². The molecule has 0 bridgehead atoms. The predicted molar refractivity (Wildman–Crippen MR) is 107 cm³/mol. The fraction of sp³-hybridized carbons (Fsp3) is 0.333. The molecular weight excluding hydrogens is 360 g/mol. The Bertz CT molecular complexity index is 822. The number of rotatable bonds is 9. The van der Waals surface area contributed by atoms with Gasteiger partial charge in [-0.25, -0.2) is 0 Å². The molecule has 2 aromatic carbocycles. The summed E-state index contributed by atoms with van der Waals surface area (Å²) >= 11 is 0. The maximum atomic E-state index is 12.5. The standard InChI is InChI=1S/C21H26N2O5/c1-15(24)23(12-11-16-7-5-6-8-19(16)27-3)14-21(25)22-18-10-9-17(26-2)13-20(18)28-4/h5-10,13H,11-12,14H2,1-4H3,(H,22,25). The van der Waals surface area contributed by atoms with Crippen LogP contribution in [0.1, 0.15) is 12.5 Å². The second kappa shape index (κ2) is 10.2. The Labute approximate surface area is 165 Å². The second-order valence-corrected chi connectivity index (χ2v) is 6.12. The van der Waals surface area contributed by atoms with Crippen LogP contribution in [0.3, 0.4) is 0 Å². The van der Waals surface area contributed by atoms with E-state index in [9.17, 15) is 9.59 Å². The van der Waals surface area contributed by atoms with Crippen LogP contribution in [0.5, 0.6) is 17.2 Å². The van der Waals surface area contributed by atoms with Gasteiger partial charge in [-0.05, 0) is 30.2 Å². The molecule has 0 heterocycles. The molecule has 0 aliphatic heterocycles. The van der Waals surface area contributed by atoms with Crippen molar-refractivity contribution in [2.45, 2.75) is 13.3 Å². The van der Waals surface area contributed by atoms with E-state index in [1.54, 1.807) is 32.4 Å². The highest BCUT2D eigenvalue weighted by Crippen LogP contribution is 2.29. The van der Waals surface area contributed by atoms with Crippen LogP contribution in [-0.2, 0) is 16.0 Å². The van der Waals surface area contributed by atoms with Gasteiger partial charge in [-0.15, -0.1) is 0 Å². The average molecular weight is 386 g/mol. The Hall–Kier alpha value is -3.22. The molecule has 1 N–H and O–H groups in total. The van der Waals surface area contributed by atoms with Crippen LogP contribution in [-0.4, -0.2) is 51.1 Å². The predicted octanol–water partition coefficient (Wildman–Crippen LogP) is 2.74. The molecule has 0 aromatic heterocycles. The molecule has 150 valence electrons. The topological polar surface area (TPSA) is 77.1 Å². The number of carbonyl (C=O) groups is 2. The van der Waals surface area contributed by atoms with E-state index in [1.165, 1.54) is 18.9 Å². The third kappa shape index (κ3) is 5.64. The third-order valence-electron chi connectivity index (χ3n) is 4.31. The first-order valence-electron chi connectivity index (χ1n) is 8.87. The van der Waals surface area contributed by atoms with Gasteiger partial charge in [0.05, 0.1) is 33.6 Å². The van der Waals surface area contributed by atoms with Gasteiger partial charge < -0.3 is 24.4 Å². The minimum Gasteiger partial charge on any atom is -0.497 e. The van der Waals surface area contributed by atoms with Crippen LogP contribution in [0.25, 0.3) is 0 Å². The lowest BCUT2D eigenvalue weighted by Crippen LogP contribution is -2.38. The smallest absolute Gasteiger partial charge is 0.244 e. The van der Waals surface area contributed by atoms with Crippen LogP contribution in [0.2, 0.25) is 0 Å². The van der Waals surface area contributed by atoms with Crippen molar-refractivity contribution in [3.63, 3.8) is 0 Å². The molecule has 7 heteroatoms. The van der Waals surface area contributed by atoms with Crippen LogP contribution in [0.15, 0.2) is 42.5 Å². The Balaban J connectivity index is 2.02. The maximum Gasteiger partial charge on any atom is 0.244 e. The number of benzene rings is 2. The zero-order chi connectivity index (χ0) is 20.5. The first-order valence-corrected chi connectivity index (χ1v) is 8.87. The molecule has 0 aliphatic carbocycles. The van der Waals surface area contributed by atoms with E-state index in [-0.39, 0.29) is 18.4 Å². The molecule has 0 saturated carbocycles. The summed E-state index contributed by atoms with van der Waals surface area (Å²) in [6.07, 6.45) is 0.586. The van der Waals surface area contributed by atoms with E-state index in [2.05, 4.69) is 5.32 Å². The van der Waals surface area contributed by atoms with Gasteiger partial charge in [0, 0.05) is 19.5 Å². The summed E-state index contributed by atoms with van der Waals surface area (Å²) in [4.78, 5) is 26.0. The highest BCUT2D eigenvalue weighted by atomic mass is 16.5. The van der Waals surface area contributed by atoms with Crippen LogP contribution in [0, 0.1) is 0 Å². The zero-order valence-corrected chi connectivity index (χ0v) is 16.7. The van der Waals surface area contributed by atoms with Gasteiger partial charge in [0.2, 0.25) is 11.8 Å². The van der Waals surface area contributed by atoms with Crippen LogP contribution < -0.4 is 19.5 Å². The summed E-state index contributed by atoms with van der Waals surface area (Å²) < 4.78 is 15.8. The average Bonchev–Trinajstić information content (AvgIpc) is 2.71. The summed E-state index contributed by atoms with van der Waals surface area (Å²) in [7, 11) is 4.68. The second-order valence-electron chi connectivity index (χ2n) is 6.12. The number of ether oxygens (including phenoxy) is 3. The number of nitrogens with one attached hydrogen (secondary N) is 1. The van der Waals surface area contributed by atoms with Crippen LogP contribution >= 0.6 is 0 Å². The largest absolute Gasteiger partial charge is 0.497 e. The molecule has 0 unspecified atom stereocenters. The molecule has 0 aliphatic rings. The lowest BCUT2D eigenvalue weighted by molar-refractivity contribution is -0.132. The maximum absolute atomic E-state index is 12.5. The number of carbonyl (C=O) groups excluding carboxylic acids is 2. The van der Waals surface area contributed by atoms with Crippen molar-refractivity contribution in [2.24, 2.45) is 0 Å². The Morgan fingerprint density at radius 1 is 0.964 bits per heavy atom. The first-order chi connectivity index (χ1) is 13.5. The number of para-hydroxylation sites is 1. The zero-order valence-electron chi connectivity index (χ0n) is 16.7. The molecule has 0 spiro atoms.